The molecule has 2 N–H and O–H groups in total. The van der Waals surface area contributed by atoms with Crippen LogP contribution in [0, 0.1) is 18.3 Å². The Morgan fingerprint density at radius 1 is 1.40 bits per heavy atom. The highest BCUT2D eigenvalue weighted by atomic mass is 14.7. The minimum Gasteiger partial charge on any atom is -0.326 e. The third-order valence-electron chi connectivity index (χ3n) is 3.49. The molecule has 2 rings (SSSR count). The van der Waals surface area contributed by atoms with Crippen molar-refractivity contribution >= 4 is 0 Å². The van der Waals surface area contributed by atoms with Crippen LogP contribution in [-0.4, -0.2) is 6.04 Å². The van der Waals surface area contributed by atoms with Gasteiger partial charge in [0.15, 0.2) is 0 Å². The lowest BCUT2D eigenvalue weighted by Crippen LogP contribution is -2.39. The average Bonchev–Trinajstić information content (AvgIpc) is 2.62. The van der Waals surface area contributed by atoms with E-state index < -0.39 is 5.41 Å². The SMILES string of the molecule is Cc1ccc(C2(C#N)CCCC2N)cc1. The minimum absolute atomic E-state index is 0.00907. The van der Waals surface area contributed by atoms with Crippen LogP contribution < -0.4 is 5.73 Å². The normalized spacial score (nSPS) is 30.1. The number of nitrogens with two attached hydrogens (primary N) is 1. The molecule has 2 nitrogen and oxygen atoms in total. The molecule has 0 aromatic heterocycles. The molecule has 0 bridgehead atoms. The molecule has 0 spiro atoms. The molecule has 1 fully saturated rings. The van der Waals surface area contributed by atoms with Gasteiger partial charge < -0.3 is 5.73 Å². The summed E-state index contributed by atoms with van der Waals surface area (Å²) in [6, 6.07) is 10.6. The quantitative estimate of drug-likeness (QED) is 0.756. The lowest BCUT2D eigenvalue weighted by molar-refractivity contribution is 0.497. The zero-order valence-electron chi connectivity index (χ0n) is 9.03. The number of hydrogen-bond acceptors (Lipinski definition) is 2. The van der Waals surface area contributed by atoms with E-state index >= 15 is 0 Å². The molecule has 0 saturated heterocycles. The van der Waals surface area contributed by atoms with E-state index in [2.05, 4.69) is 25.1 Å². The maximum absolute atomic E-state index is 9.38. The summed E-state index contributed by atoms with van der Waals surface area (Å²) in [5.74, 6) is 0. The molecule has 1 aliphatic rings. The monoisotopic (exact) mass is 200 g/mol. The van der Waals surface area contributed by atoms with Gasteiger partial charge >= 0.3 is 0 Å². The largest absolute Gasteiger partial charge is 0.326 e. The highest BCUT2D eigenvalue weighted by molar-refractivity contribution is 5.38. The first-order valence-corrected chi connectivity index (χ1v) is 5.43. The van der Waals surface area contributed by atoms with E-state index in [1.165, 1.54) is 5.56 Å². The van der Waals surface area contributed by atoms with Crippen molar-refractivity contribution in [2.75, 3.05) is 0 Å². The Bertz CT molecular complexity index is 388. The Balaban J connectivity index is 2.43. The Hall–Kier alpha value is -1.33. The second-order valence-electron chi connectivity index (χ2n) is 4.45. The third kappa shape index (κ3) is 1.53. The fraction of sp³-hybridized carbons (Fsp3) is 0.462. The predicted molar refractivity (Wildman–Crippen MR) is 60.3 cm³/mol. The predicted octanol–water partition coefficient (Wildman–Crippen LogP) is 2.27. The lowest BCUT2D eigenvalue weighted by Gasteiger charge is -2.26. The number of benzene rings is 1. The molecule has 1 aromatic carbocycles. The van der Waals surface area contributed by atoms with Crippen LogP contribution in [0.4, 0.5) is 0 Å². The number of nitrogens with zero attached hydrogens (tertiary/aromatic N) is 1. The van der Waals surface area contributed by atoms with Crippen LogP contribution in [0.1, 0.15) is 30.4 Å². The summed E-state index contributed by atoms with van der Waals surface area (Å²) in [4.78, 5) is 0. The molecule has 0 aliphatic heterocycles. The molecular formula is C13H16N2. The van der Waals surface area contributed by atoms with E-state index in [4.69, 9.17) is 5.73 Å². The van der Waals surface area contributed by atoms with E-state index in [9.17, 15) is 5.26 Å². The fourth-order valence-electron chi connectivity index (χ4n) is 2.45. The Labute approximate surface area is 90.7 Å². The van der Waals surface area contributed by atoms with Crippen molar-refractivity contribution in [2.24, 2.45) is 5.73 Å². The van der Waals surface area contributed by atoms with Crippen molar-refractivity contribution in [1.82, 2.24) is 0 Å². The third-order valence-corrected chi connectivity index (χ3v) is 3.49. The van der Waals surface area contributed by atoms with Crippen LogP contribution in [0.15, 0.2) is 24.3 Å². The summed E-state index contributed by atoms with van der Waals surface area (Å²) in [6.45, 7) is 2.05. The first-order valence-electron chi connectivity index (χ1n) is 5.43. The van der Waals surface area contributed by atoms with Crippen molar-refractivity contribution in [3.8, 4) is 6.07 Å². The first kappa shape index (κ1) is 10.2. The van der Waals surface area contributed by atoms with Crippen LogP contribution in [0.5, 0.6) is 0 Å². The Morgan fingerprint density at radius 2 is 2.07 bits per heavy atom. The van der Waals surface area contributed by atoms with Crippen LogP contribution in [-0.2, 0) is 5.41 Å². The maximum atomic E-state index is 9.38. The average molecular weight is 200 g/mol. The first-order chi connectivity index (χ1) is 7.19. The molecule has 2 heteroatoms. The van der Waals surface area contributed by atoms with E-state index in [1.54, 1.807) is 0 Å². The summed E-state index contributed by atoms with van der Waals surface area (Å²) in [7, 11) is 0. The van der Waals surface area contributed by atoms with Gasteiger partial charge in [0.05, 0.1) is 11.5 Å². The smallest absolute Gasteiger partial charge is 0.0972 e. The van der Waals surface area contributed by atoms with Crippen LogP contribution in [0.2, 0.25) is 0 Å². The number of aryl methyl sites for hydroxylation is 1. The summed E-state index contributed by atoms with van der Waals surface area (Å²) < 4.78 is 0. The highest BCUT2D eigenvalue weighted by Gasteiger charge is 2.42. The summed E-state index contributed by atoms with van der Waals surface area (Å²) in [5.41, 5.74) is 7.94. The van der Waals surface area contributed by atoms with Crippen LogP contribution in [0.3, 0.4) is 0 Å². The molecule has 1 aliphatic carbocycles. The zero-order valence-corrected chi connectivity index (χ0v) is 9.03. The Kier molecular flexibility index (Phi) is 2.50. The van der Waals surface area contributed by atoms with Crippen molar-refractivity contribution in [1.29, 1.82) is 5.26 Å². The maximum Gasteiger partial charge on any atom is 0.0972 e. The molecule has 0 amide bonds. The molecule has 15 heavy (non-hydrogen) atoms. The van der Waals surface area contributed by atoms with Gasteiger partial charge in [-0.05, 0) is 31.7 Å². The zero-order chi connectivity index (χ0) is 10.9. The summed E-state index contributed by atoms with van der Waals surface area (Å²) >= 11 is 0. The molecule has 2 unspecified atom stereocenters. The van der Waals surface area contributed by atoms with E-state index in [-0.39, 0.29) is 6.04 Å². The molecule has 78 valence electrons. The van der Waals surface area contributed by atoms with Gasteiger partial charge in [0.2, 0.25) is 0 Å². The standard InChI is InChI=1S/C13H16N2/c1-10-4-6-11(7-5-10)13(9-14)8-2-3-12(13)15/h4-7,12H,2-3,8,15H2,1H3. The molecule has 1 aromatic rings. The van der Waals surface area contributed by atoms with Gasteiger partial charge in [0.25, 0.3) is 0 Å². The molecule has 0 heterocycles. The van der Waals surface area contributed by atoms with E-state index in [0.29, 0.717) is 0 Å². The van der Waals surface area contributed by atoms with Crippen molar-refractivity contribution in [3.05, 3.63) is 35.4 Å². The topological polar surface area (TPSA) is 49.8 Å². The van der Waals surface area contributed by atoms with Crippen molar-refractivity contribution in [3.63, 3.8) is 0 Å². The van der Waals surface area contributed by atoms with Gasteiger partial charge in [-0.3, -0.25) is 0 Å². The van der Waals surface area contributed by atoms with Crippen molar-refractivity contribution in [2.45, 2.75) is 37.6 Å². The second-order valence-corrected chi connectivity index (χ2v) is 4.45. The summed E-state index contributed by atoms with van der Waals surface area (Å²) in [6.07, 6.45) is 2.91. The van der Waals surface area contributed by atoms with Gasteiger partial charge in [-0.2, -0.15) is 5.26 Å². The second kappa shape index (κ2) is 3.67. The molecule has 1 saturated carbocycles. The highest BCUT2D eigenvalue weighted by Crippen LogP contribution is 2.39. The van der Waals surface area contributed by atoms with E-state index in [0.717, 1.165) is 24.8 Å². The number of rotatable bonds is 1. The van der Waals surface area contributed by atoms with Crippen LogP contribution in [0.25, 0.3) is 0 Å². The Morgan fingerprint density at radius 3 is 2.53 bits per heavy atom. The van der Waals surface area contributed by atoms with Gasteiger partial charge in [0, 0.05) is 6.04 Å². The van der Waals surface area contributed by atoms with Crippen LogP contribution >= 0.6 is 0 Å². The van der Waals surface area contributed by atoms with Gasteiger partial charge in [-0.25, -0.2) is 0 Å². The molecular weight excluding hydrogens is 184 g/mol. The lowest BCUT2D eigenvalue weighted by atomic mass is 9.77. The van der Waals surface area contributed by atoms with Gasteiger partial charge in [-0.15, -0.1) is 0 Å². The molecule has 0 radical (unpaired) electrons. The number of hydrogen-bond donors (Lipinski definition) is 1. The fourth-order valence-corrected chi connectivity index (χ4v) is 2.45. The summed E-state index contributed by atoms with van der Waals surface area (Å²) in [5, 5.41) is 9.38. The van der Waals surface area contributed by atoms with Gasteiger partial charge in [-0.1, -0.05) is 29.8 Å². The molecule has 2 atom stereocenters. The number of nitriles is 1. The van der Waals surface area contributed by atoms with Crippen molar-refractivity contribution < 1.29 is 0 Å². The van der Waals surface area contributed by atoms with E-state index in [1.807, 2.05) is 12.1 Å². The minimum atomic E-state index is -0.437. The van der Waals surface area contributed by atoms with Gasteiger partial charge in [0.1, 0.15) is 0 Å².